The van der Waals surface area contributed by atoms with Gasteiger partial charge in [0.05, 0.1) is 25.4 Å². The van der Waals surface area contributed by atoms with Crippen molar-refractivity contribution < 1.29 is 28.7 Å². The Morgan fingerprint density at radius 1 is 0.913 bits per heavy atom. The molecule has 0 aliphatic rings. The Balaban J connectivity index is 0.000000695. The van der Waals surface area contributed by atoms with Crippen LogP contribution in [0.25, 0.3) is 11.2 Å². The number of carbonyl (C=O) groups excluding carboxylic acids is 4. The van der Waals surface area contributed by atoms with Gasteiger partial charge in [0, 0.05) is 52.5 Å². The van der Waals surface area contributed by atoms with Crippen molar-refractivity contribution in [2.45, 2.75) is 79.0 Å². The van der Waals surface area contributed by atoms with Crippen molar-refractivity contribution in [2.24, 2.45) is 0 Å². The van der Waals surface area contributed by atoms with E-state index in [2.05, 4.69) is 28.1 Å². The van der Waals surface area contributed by atoms with Gasteiger partial charge in [-0.05, 0) is 72.2 Å². The minimum absolute atomic E-state index is 0.292. The van der Waals surface area contributed by atoms with Gasteiger partial charge in [-0.3, -0.25) is 4.79 Å². The standard InChI is InChI=1S/C15H22N4O2.C9H17NO3.C6H7N3O.CH3B/c1-15(2,3)21-14(20)18(4)9-6-10-19-11-17-13-12(19)7-5-8-16-13;1-9(2,3)13-8(12)10(4)6-5-7-11;7-5-2-1-3-8-6(5)9-4-10;1-2/h5,7-8,11H,6,9-10H2,1-4H3;7H,5-6H2,1-4H3;1-4H,7H2,(H,8,9,10);1H3. The summed E-state index contributed by atoms with van der Waals surface area (Å²) >= 11 is 0. The molecule has 0 aromatic carbocycles. The zero-order valence-electron chi connectivity index (χ0n) is 28.5. The molecule has 0 aliphatic carbocycles. The number of ether oxygens (including phenoxy) is 2. The van der Waals surface area contributed by atoms with Gasteiger partial charge in [-0.2, -0.15) is 0 Å². The molecule has 0 aliphatic heterocycles. The number of nitrogens with two attached hydrogens (primary N) is 1. The Morgan fingerprint density at radius 2 is 1.46 bits per heavy atom. The lowest BCUT2D eigenvalue weighted by molar-refractivity contribution is -0.108. The van der Waals surface area contributed by atoms with Crippen LogP contribution in [0.3, 0.4) is 0 Å². The maximum Gasteiger partial charge on any atom is 0.410 e. The smallest absolute Gasteiger partial charge is 0.410 e. The molecule has 15 heteroatoms. The molecule has 3 rings (SSSR count). The third-order valence-corrected chi connectivity index (χ3v) is 5.31. The van der Waals surface area contributed by atoms with Crippen molar-refractivity contribution in [1.82, 2.24) is 29.3 Å². The fourth-order valence-electron chi connectivity index (χ4n) is 3.26. The highest BCUT2D eigenvalue weighted by atomic mass is 16.6. The van der Waals surface area contributed by atoms with Crippen LogP contribution in [-0.4, -0.2) is 100 Å². The highest BCUT2D eigenvalue weighted by Gasteiger charge is 2.20. The number of aryl methyl sites for hydroxylation is 1. The molecule has 2 radical (unpaired) electrons. The third kappa shape index (κ3) is 17.6. The second-order valence-corrected chi connectivity index (χ2v) is 11.6. The van der Waals surface area contributed by atoms with Gasteiger partial charge in [0.2, 0.25) is 6.41 Å². The summed E-state index contributed by atoms with van der Waals surface area (Å²) in [6.45, 7) is 14.3. The molecule has 3 amide bonds. The molecule has 0 saturated heterocycles. The summed E-state index contributed by atoms with van der Waals surface area (Å²) in [5.41, 5.74) is 6.71. The fourth-order valence-corrected chi connectivity index (χ4v) is 3.26. The molecule has 3 heterocycles. The average molecular weight is 641 g/mol. The van der Waals surface area contributed by atoms with E-state index in [1.807, 2.05) is 37.5 Å². The number of hydrogen-bond donors (Lipinski definition) is 2. The number of aldehydes is 1. The maximum atomic E-state index is 11.8. The number of imidazole rings is 1. The minimum Gasteiger partial charge on any atom is -0.444 e. The topological polar surface area (TPSA) is 175 Å². The van der Waals surface area contributed by atoms with Gasteiger partial charge < -0.3 is 39.7 Å². The molecule has 0 spiro atoms. The van der Waals surface area contributed by atoms with Crippen molar-refractivity contribution in [3.05, 3.63) is 43.0 Å². The molecule has 3 aromatic heterocycles. The summed E-state index contributed by atoms with van der Waals surface area (Å²) < 4.78 is 12.4. The van der Waals surface area contributed by atoms with Crippen molar-refractivity contribution in [3.63, 3.8) is 0 Å². The average Bonchev–Trinajstić information content (AvgIpc) is 3.40. The lowest BCUT2D eigenvalue weighted by atomic mass is 10.2. The summed E-state index contributed by atoms with van der Waals surface area (Å²) in [6, 6.07) is 7.25. The van der Waals surface area contributed by atoms with E-state index in [0.29, 0.717) is 37.4 Å². The highest BCUT2D eigenvalue weighted by molar-refractivity contribution is 6.05. The highest BCUT2D eigenvalue weighted by Crippen LogP contribution is 2.13. The minimum atomic E-state index is -0.480. The molecule has 0 atom stereocenters. The lowest BCUT2D eigenvalue weighted by Gasteiger charge is -2.24. The van der Waals surface area contributed by atoms with Crippen LogP contribution in [0.2, 0.25) is 6.82 Å². The quantitative estimate of drug-likeness (QED) is 0.249. The second kappa shape index (κ2) is 21.1. The van der Waals surface area contributed by atoms with E-state index < -0.39 is 17.3 Å². The predicted molar refractivity (Wildman–Crippen MR) is 181 cm³/mol. The summed E-state index contributed by atoms with van der Waals surface area (Å²) in [5, 5.41) is 2.36. The first kappa shape index (κ1) is 41.3. The van der Waals surface area contributed by atoms with Crippen LogP contribution >= 0.6 is 0 Å². The van der Waals surface area contributed by atoms with Crippen LogP contribution in [0.15, 0.2) is 43.0 Å². The molecular weight excluding hydrogens is 591 g/mol. The summed E-state index contributed by atoms with van der Waals surface area (Å²) in [4.78, 5) is 58.3. The van der Waals surface area contributed by atoms with Gasteiger partial charge in [-0.1, -0.05) is 6.82 Å². The van der Waals surface area contributed by atoms with Crippen LogP contribution in [-0.2, 0) is 25.6 Å². The second-order valence-electron chi connectivity index (χ2n) is 11.6. The van der Waals surface area contributed by atoms with Crippen molar-refractivity contribution in [2.75, 3.05) is 38.2 Å². The van der Waals surface area contributed by atoms with E-state index in [0.717, 1.165) is 30.4 Å². The Bertz CT molecular complexity index is 1340. The summed E-state index contributed by atoms with van der Waals surface area (Å²) in [6.07, 6.45) is 6.88. The van der Waals surface area contributed by atoms with Gasteiger partial charge in [-0.15, -0.1) is 0 Å². The molecule has 0 saturated carbocycles. The summed E-state index contributed by atoms with van der Waals surface area (Å²) in [5.74, 6) is 0.400. The van der Waals surface area contributed by atoms with Crippen molar-refractivity contribution >= 4 is 55.4 Å². The number of carbonyl (C=O) groups is 4. The van der Waals surface area contributed by atoms with Crippen LogP contribution in [0.1, 0.15) is 54.4 Å². The number of hydrogen-bond acceptors (Lipinski definition) is 10. The van der Waals surface area contributed by atoms with Gasteiger partial charge in [0.15, 0.2) is 11.5 Å². The van der Waals surface area contributed by atoms with Gasteiger partial charge in [-0.25, -0.2) is 24.5 Å². The Kier molecular flexibility index (Phi) is 19.0. The number of aromatic nitrogens is 4. The number of rotatable bonds is 9. The van der Waals surface area contributed by atoms with E-state index in [1.54, 1.807) is 70.6 Å². The molecule has 252 valence electrons. The summed E-state index contributed by atoms with van der Waals surface area (Å²) in [7, 11) is 7.86. The number of fused-ring (bicyclic) bond motifs is 1. The number of amides is 3. The SMILES string of the molecule is CN(CCC=O)C(=O)OC(C)(C)C.CN(CCCn1cnc2ncccc21)C(=O)OC(C)(C)C.Nc1cccnc1NC=O.[B]C. The molecule has 46 heavy (non-hydrogen) atoms. The van der Waals surface area contributed by atoms with Gasteiger partial charge >= 0.3 is 12.2 Å². The molecule has 3 aromatic rings. The van der Waals surface area contributed by atoms with E-state index in [4.69, 9.17) is 15.2 Å². The van der Waals surface area contributed by atoms with Crippen molar-refractivity contribution in [1.29, 1.82) is 0 Å². The van der Waals surface area contributed by atoms with E-state index in [-0.39, 0.29) is 6.09 Å². The first-order valence-corrected chi connectivity index (χ1v) is 14.6. The molecule has 3 N–H and O–H groups in total. The van der Waals surface area contributed by atoms with E-state index in [1.165, 1.54) is 11.7 Å². The monoisotopic (exact) mass is 640 g/mol. The number of nitrogens with one attached hydrogen (secondary N) is 1. The lowest BCUT2D eigenvalue weighted by Crippen LogP contribution is -2.35. The first-order valence-electron chi connectivity index (χ1n) is 14.6. The fraction of sp³-hybridized carbons (Fsp3) is 0.516. The zero-order valence-corrected chi connectivity index (χ0v) is 28.5. The van der Waals surface area contributed by atoms with E-state index in [9.17, 15) is 19.2 Å². The Hall–Kier alpha value is -4.69. The number of nitrogens with zero attached hydrogens (tertiary/aromatic N) is 6. The van der Waals surface area contributed by atoms with Crippen LogP contribution in [0, 0.1) is 0 Å². The largest absolute Gasteiger partial charge is 0.444 e. The molecule has 0 unspecified atom stereocenters. The van der Waals surface area contributed by atoms with Gasteiger partial charge in [0.25, 0.3) is 0 Å². The van der Waals surface area contributed by atoms with Crippen LogP contribution < -0.4 is 11.1 Å². The Morgan fingerprint density at radius 3 is 1.98 bits per heavy atom. The normalized spacial score (nSPS) is 10.4. The Labute approximate surface area is 273 Å². The number of nitrogen functional groups attached to an aromatic ring is 1. The van der Waals surface area contributed by atoms with Crippen LogP contribution in [0.5, 0.6) is 0 Å². The molecule has 14 nitrogen and oxygen atoms in total. The van der Waals surface area contributed by atoms with Crippen LogP contribution in [0.4, 0.5) is 21.1 Å². The molecule has 0 fully saturated rings. The predicted octanol–water partition coefficient (Wildman–Crippen LogP) is 4.57. The maximum absolute atomic E-state index is 11.8. The van der Waals surface area contributed by atoms with Gasteiger partial charge in [0.1, 0.15) is 17.5 Å². The molecule has 0 bridgehead atoms. The number of pyridine rings is 2. The van der Waals surface area contributed by atoms with E-state index >= 15 is 0 Å². The third-order valence-electron chi connectivity index (χ3n) is 5.31. The number of anilines is 2. The van der Waals surface area contributed by atoms with Crippen molar-refractivity contribution in [3.8, 4) is 0 Å². The molecular formula is C31H49BN8O6. The zero-order chi connectivity index (χ0) is 35.3. The first-order chi connectivity index (χ1) is 21.6.